The van der Waals surface area contributed by atoms with E-state index in [2.05, 4.69) is 6.92 Å². The first-order chi connectivity index (χ1) is 6.76. The number of hydrogen-bond acceptors (Lipinski definition) is 3. The highest BCUT2D eigenvalue weighted by molar-refractivity contribution is 5.46. The Morgan fingerprint density at radius 2 is 1.93 bits per heavy atom. The van der Waals surface area contributed by atoms with Crippen LogP contribution in [-0.4, -0.2) is 14.2 Å². The number of hydrogen-bond donors (Lipinski definition) is 1. The summed E-state index contributed by atoms with van der Waals surface area (Å²) in [5.41, 5.74) is 7.91. The second kappa shape index (κ2) is 4.86. The third-order valence-corrected chi connectivity index (χ3v) is 2.30. The predicted octanol–water partition coefficient (Wildman–Crippen LogP) is 1.72. The lowest BCUT2D eigenvalue weighted by atomic mass is 10.0. The average molecular weight is 195 g/mol. The summed E-state index contributed by atoms with van der Waals surface area (Å²) >= 11 is 0. The zero-order valence-electron chi connectivity index (χ0n) is 8.96. The quantitative estimate of drug-likeness (QED) is 0.795. The van der Waals surface area contributed by atoms with Crippen LogP contribution in [0.3, 0.4) is 0 Å². The lowest BCUT2D eigenvalue weighted by molar-refractivity contribution is 0.390. The van der Waals surface area contributed by atoms with Gasteiger partial charge in [0.1, 0.15) is 11.5 Å². The smallest absolute Gasteiger partial charge is 0.126 e. The molecular formula is C11H17NO2. The molecular weight excluding hydrogens is 178 g/mol. The van der Waals surface area contributed by atoms with Crippen molar-refractivity contribution in [3.05, 3.63) is 23.3 Å². The van der Waals surface area contributed by atoms with Crippen LogP contribution >= 0.6 is 0 Å². The van der Waals surface area contributed by atoms with Crippen LogP contribution in [0.15, 0.2) is 12.1 Å². The standard InChI is InChI=1S/C11H17NO2/c1-4-10-8(7-12)5-9(13-2)6-11(10)14-3/h5-6H,4,7,12H2,1-3H3. The summed E-state index contributed by atoms with van der Waals surface area (Å²) in [7, 11) is 3.30. The molecule has 1 aromatic rings. The molecule has 78 valence electrons. The van der Waals surface area contributed by atoms with Crippen molar-refractivity contribution in [2.45, 2.75) is 19.9 Å². The van der Waals surface area contributed by atoms with Gasteiger partial charge in [-0.3, -0.25) is 0 Å². The number of rotatable bonds is 4. The summed E-state index contributed by atoms with van der Waals surface area (Å²) in [5.74, 6) is 1.65. The molecule has 0 aliphatic carbocycles. The molecule has 3 heteroatoms. The minimum Gasteiger partial charge on any atom is -0.497 e. The van der Waals surface area contributed by atoms with Crippen molar-refractivity contribution >= 4 is 0 Å². The minimum atomic E-state index is 0.511. The van der Waals surface area contributed by atoms with Crippen molar-refractivity contribution in [3.63, 3.8) is 0 Å². The van der Waals surface area contributed by atoms with Gasteiger partial charge in [-0.2, -0.15) is 0 Å². The Kier molecular flexibility index (Phi) is 3.77. The Hall–Kier alpha value is -1.22. The molecule has 3 nitrogen and oxygen atoms in total. The van der Waals surface area contributed by atoms with Crippen molar-refractivity contribution in [2.24, 2.45) is 5.73 Å². The second-order valence-corrected chi connectivity index (χ2v) is 3.03. The van der Waals surface area contributed by atoms with Crippen LogP contribution in [0.5, 0.6) is 11.5 Å². The van der Waals surface area contributed by atoms with Crippen molar-refractivity contribution in [2.75, 3.05) is 14.2 Å². The topological polar surface area (TPSA) is 44.5 Å². The fourth-order valence-electron chi connectivity index (χ4n) is 1.56. The molecule has 0 spiro atoms. The Morgan fingerprint density at radius 3 is 2.36 bits per heavy atom. The summed E-state index contributed by atoms with van der Waals surface area (Å²) < 4.78 is 10.4. The first-order valence-corrected chi connectivity index (χ1v) is 4.70. The van der Waals surface area contributed by atoms with Gasteiger partial charge >= 0.3 is 0 Å². The molecule has 14 heavy (non-hydrogen) atoms. The van der Waals surface area contributed by atoms with Gasteiger partial charge < -0.3 is 15.2 Å². The molecule has 0 aromatic heterocycles. The first-order valence-electron chi connectivity index (χ1n) is 4.70. The molecule has 0 unspecified atom stereocenters. The van der Waals surface area contributed by atoms with Crippen molar-refractivity contribution < 1.29 is 9.47 Å². The van der Waals surface area contributed by atoms with E-state index in [0.29, 0.717) is 6.54 Å². The minimum absolute atomic E-state index is 0.511. The highest BCUT2D eigenvalue weighted by atomic mass is 16.5. The van der Waals surface area contributed by atoms with E-state index in [-0.39, 0.29) is 0 Å². The van der Waals surface area contributed by atoms with Gasteiger partial charge in [-0.05, 0) is 23.6 Å². The summed E-state index contributed by atoms with van der Waals surface area (Å²) in [4.78, 5) is 0. The molecule has 0 fully saturated rings. The molecule has 0 aliphatic heterocycles. The van der Waals surface area contributed by atoms with Crippen LogP contribution < -0.4 is 15.2 Å². The van der Waals surface area contributed by atoms with E-state index in [1.165, 1.54) is 0 Å². The fourth-order valence-corrected chi connectivity index (χ4v) is 1.56. The van der Waals surface area contributed by atoms with Gasteiger partial charge in [-0.1, -0.05) is 6.92 Å². The molecule has 0 radical (unpaired) electrons. The van der Waals surface area contributed by atoms with Gasteiger partial charge in [0, 0.05) is 12.6 Å². The van der Waals surface area contributed by atoms with Crippen molar-refractivity contribution in [1.82, 2.24) is 0 Å². The monoisotopic (exact) mass is 195 g/mol. The summed E-state index contributed by atoms with van der Waals surface area (Å²) in [5, 5.41) is 0. The van der Waals surface area contributed by atoms with Gasteiger partial charge in [-0.25, -0.2) is 0 Å². The summed E-state index contributed by atoms with van der Waals surface area (Å²) in [6.07, 6.45) is 0.916. The zero-order chi connectivity index (χ0) is 10.6. The van der Waals surface area contributed by atoms with Crippen molar-refractivity contribution in [1.29, 1.82) is 0 Å². The number of methoxy groups -OCH3 is 2. The van der Waals surface area contributed by atoms with E-state index in [4.69, 9.17) is 15.2 Å². The van der Waals surface area contributed by atoms with Crippen LogP contribution in [0.25, 0.3) is 0 Å². The van der Waals surface area contributed by atoms with E-state index in [9.17, 15) is 0 Å². The first kappa shape index (κ1) is 10.9. The molecule has 2 N–H and O–H groups in total. The normalized spacial score (nSPS) is 10.0. The van der Waals surface area contributed by atoms with E-state index < -0.39 is 0 Å². The van der Waals surface area contributed by atoms with Crippen LogP contribution in [-0.2, 0) is 13.0 Å². The predicted molar refractivity (Wildman–Crippen MR) is 56.8 cm³/mol. The lowest BCUT2D eigenvalue weighted by Crippen LogP contribution is -2.04. The van der Waals surface area contributed by atoms with Crippen LogP contribution in [0.1, 0.15) is 18.1 Å². The lowest BCUT2D eigenvalue weighted by Gasteiger charge is -2.13. The van der Waals surface area contributed by atoms with E-state index in [1.807, 2.05) is 12.1 Å². The Bertz CT molecular complexity index is 285. The van der Waals surface area contributed by atoms with Crippen LogP contribution in [0, 0.1) is 0 Å². The van der Waals surface area contributed by atoms with Gasteiger partial charge in [0.05, 0.1) is 14.2 Å². The molecule has 0 atom stereocenters. The van der Waals surface area contributed by atoms with E-state index in [1.54, 1.807) is 14.2 Å². The Labute approximate surface area is 84.8 Å². The maximum absolute atomic E-state index is 5.66. The third-order valence-electron chi connectivity index (χ3n) is 2.30. The van der Waals surface area contributed by atoms with Gasteiger partial charge in [-0.15, -0.1) is 0 Å². The molecule has 0 saturated heterocycles. The van der Waals surface area contributed by atoms with E-state index in [0.717, 1.165) is 29.0 Å². The molecule has 0 aliphatic rings. The molecule has 0 bridgehead atoms. The summed E-state index contributed by atoms with van der Waals surface area (Å²) in [6.45, 7) is 2.60. The highest BCUT2D eigenvalue weighted by Crippen LogP contribution is 2.28. The number of ether oxygens (including phenoxy) is 2. The maximum atomic E-state index is 5.66. The molecule has 1 rings (SSSR count). The van der Waals surface area contributed by atoms with Crippen LogP contribution in [0.2, 0.25) is 0 Å². The van der Waals surface area contributed by atoms with Crippen LogP contribution in [0.4, 0.5) is 0 Å². The molecule has 0 saturated carbocycles. The number of benzene rings is 1. The summed E-state index contributed by atoms with van der Waals surface area (Å²) in [6, 6.07) is 3.85. The maximum Gasteiger partial charge on any atom is 0.126 e. The highest BCUT2D eigenvalue weighted by Gasteiger charge is 2.08. The molecule has 0 heterocycles. The van der Waals surface area contributed by atoms with Gasteiger partial charge in [0.15, 0.2) is 0 Å². The Morgan fingerprint density at radius 1 is 1.21 bits per heavy atom. The fraction of sp³-hybridized carbons (Fsp3) is 0.455. The van der Waals surface area contributed by atoms with Gasteiger partial charge in [0.2, 0.25) is 0 Å². The zero-order valence-corrected chi connectivity index (χ0v) is 8.96. The largest absolute Gasteiger partial charge is 0.497 e. The van der Waals surface area contributed by atoms with E-state index >= 15 is 0 Å². The van der Waals surface area contributed by atoms with Gasteiger partial charge in [0.25, 0.3) is 0 Å². The third kappa shape index (κ3) is 1.99. The second-order valence-electron chi connectivity index (χ2n) is 3.03. The van der Waals surface area contributed by atoms with Crippen molar-refractivity contribution in [3.8, 4) is 11.5 Å². The molecule has 1 aromatic carbocycles. The number of nitrogens with two attached hydrogens (primary N) is 1. The average Bonchev–Trinajstić information content (AvgIpc) is 2.26. The Balaban J connectivity index is 3.24. The molecule has 0 amide bonds. The SMILES string of the molecule is CCc1c(CN)cc(OC)cc1OC.